The molecule has 1 saturated carbocycles. The molecule has 0 aromatic heterocycles. The molecule has 1 heterocycles. The third kappa shape index (κ3) is 6.69. The molecule has 0 bridgehead atoms. The Balaban J connectivity index is 1.63. The summed E-state index contributed by atoms with van der Waals surface area (Å²) in [6.07, 6.45) is 3.87. The lowest BCUT2D eigenvalue weighted by Gasteiger charge is -2.49. The van der Waals surface area contributed by atoms with Crippen molar-refractivity contribution in [3.63, 3.8) is 0 Å². The van der Waals surface area contributed by atoms with Crippen LogP contribution in [0.3, 0.4) is 0 Å². The summed E-state index contributed by atoms with van der Waals surface area (Å²) in [6.45, 7) is 0.156. The third-order valence-corrected chi connectivity index (χ3v) is 8.86. The highest BCUT2D eigenvalue weighted by atomic mass is 32.2. The summed E-state index contributed by atoms with van der Waals surface area (Å²) in [4.78, 5) is 35.9. The Kier molecular flexibility index (Phi) is 9.34. The Labute approximate surface area is 252 Å². The number of hydrogen-bond donors (Lipinski definition) is 2. The first-order valence-electron chi connectivity index (χ1n) is 14.3. The Hall–Kier alpha value is -3.93. The lowest BCUT2D eigenvalue weighted by molar-refractivity contribution is -0.138. The molecule has 3 aromatic carbocycles. The molecule has 2 amide bonds. The van der Waals surface area contributed by atoms with E-state index in [2.05, 4.69) is 10.2 Å². The van der Waals surface area contributed by atoms with Crippen molar-refractivity contribution in [1.82, 2.24) is 15.1 Å². The van der Waals surface area contributed by atoms with Gasteiger partial charge in [0, 0.05) is 29.3 Å². The Morgan fingerprint density at radius 1 is 0.930 bits per heavy atom. The molecule has 0 unspecified atom stereocenters. The first-order valence-corrected chi connectivity index (χ1v) is 16.2. The van der Waals surface area contributed by atoms with Crippen LogP contribution in [0.15, 0.2) is 72.8 Å². The highest BCUT2D eigenvalue weighted by molar-refractivity contribution is 7.88. The number of amides is 2. The van der Waals surface area contributed by atoms with E-state index >= 15 is 0 Å². The van der Waals surface area contributed by atoms with Gasteiger partial charge in [0.1, 0.15) is 11.5 Å². The largest absolute Gasteiger partial charge is 0.497 e. The molecule has 0 spiro atoms. The number of benzene rings is 3. The molecule has 0 radical (unpaired) electrons. The normalized spacial score (nSPS) is 22.0. The van der Waals surface area contributed by atoms with E-state index in [9.17, 15) is 18.0 Å². The van der Waals surface area contributed by atoms with Gasteiger partial charge in [0.05, 0.1) is 39.0 Å². The number of fused-ring (bicyclic) bond motifs is 1. The van der Waals surface area contributed by atoms with Crippen LogP contribution in [0.25, 0.3) is 0 Å². The zero-order valence-electron chi connectivity index (χ0n) is 24.5. The molecule has 4 atom stereocenters. The Morgan fingerprint density at radius 2 is 1.65 bits per heavy atom. The molecule has 5 rings (SSSR count). The van der Waals surface area contributed by atoms with E-state index in [1.807, 2.05) is 30.3 Å². The van der Waals surface area contributed by atoms with Gasteiger partial charge in [0.2, 0.25) is 10.0 Å². The highest BCUT2D eigenvalue weighted by Gasteiger charge is 2.49. The monoisotopic (exact) mass is 607 g/mol. The summed E-state index contributed by atoms with van der Waals surface area (Å²) in [5.74, 6) is -0.621. The van der Waals surface area contributed by atoms with Gasteiger partial charge >= 0.3 is 0 Å². The molecule has 3 aromatic rings. The van der Waals surface area contributed by atoms with E-state index < -0.39 is 40.0 Å². The van der Waals surface area contributed by atoms with Crippen LogP contribution >= 0.6 is 0 Å². The number of sulfonamides is 1. The van der Waals surface area contributed by atoms with Gasteiger partial charge < -0.3 is 14.4 Å². The second-order valence-electron chi connectivity index (χ2n) is 10.9. The Bertz CT molecular complexity index is 1560. The van der Waals surface area contributed by atoms with Crippen molar-refractivity contribution in [3.05, 3.63) is 95.1 Å². The molecule has 1 aliphatic carbocycles. The molecule has 2 aliphatic rings. The van der Waals surface area contributed by atoms with Crippen molar-refractivity contribution in [1.29, 1.82) is 0 Å². The maximum Gasteiger partial charge on any atom is 0.255 e. The fraction of sp³-hybridized carbons (Fsp3) is 0.375. The van der Waals surface area contributed by atoms with Crippen molar-refractivity contribution in [2.24, 2.45) is 0 Å². The number of rotatable bonds is 10. The smallest absolute Gasteiger partial charge is 0.255 e. The van der Waals surface area contributed by atoms with Gasteiger partial charge in [-0.3, -0.25) is 14.4 Å². The SMILES string of the molecule is COc1ccc([C@H]2[C@H](C(=O)NOCc3ccccc3)c3ccccc3C(=O)N2[C@@H]2CCCC[C@H]2NS(C)(=O)=O)c(OC)c1. The molecule has 0 saturated heterocycles. The van der Waals surface area contributed by atoms with Gasteiger partial charge in [-0.1, -0.05) is 61.4 Å². The lowest BCUT2D eigenvalue weighted by atomic mass is 9.76. The van der Waals surface area contributed by atoms with Gasteiger partial charge in [-0.05, 0) is 42.2 Å². The van der Waals surface area contributed by atoms with Crippen LogP contribution in [0.5, 0.6) is 11.5 Å². The molecule has 2 N–H and O–H groups in total. The van der Waals surface area contributed by atoms with E-state index in [0.717, 1.165) is 24.7 Å². The number of carbonyl (C=O) groups excluding carboxylic acids is 2. The Morgan fingerprint density at radius 3 is 2.37 bits per heavy atom. The first kappa shape index (κ1) is 30.5. The average molecular weight is 608 g/mol. The summed E-state index contributed by atoms with van der Waals surface area (Å²) in [5, 5.41) is 0. The molecular formula is C32H37N3O7S. The summed E-state index contributed by atoms with van der Waals surface area (Å²) >= 11 is 0. The summed E-state index contributed by atoms with van der Waals surface area (Å²) in [6, 6.07) is 19.9. The summed E-state index contributed by atoms with van der Waals surface area (Å²) in [7, 11) is -0.506. The van der Waals surface area contributed by atoms with E-state index in [1.54, 1.807) is 54.5 Å². The predicted octanol–water partition coefficient (Wildman–Crippen LogP) is 4.09. The third-order valence-electron chi connectivity index (χ3n) is 8.12. The molecular weight excluding hydrogens is 570 g/mol. The molecule has 1 fully saturated rings. The van der Waals surface area contributed by atoms with Crippen molar-refractivity contribution in [2.75, 3.05) is 20.5 Å². The van der Waals surface area contributed by atoms with Crippen molar-refractivity contribution < 1.29 is 32.3 Å². The predicted molar refractivity (Wildman–Crippen MR) is 161 cm³/mol. The minimum absolute atomic E-state index is 0.156. The number of methoxy groups -OCH3 is 2. The van der Waals surface area contributed by atoms with Gasteiger partial charge in [0.25, 0.3) is 11.8 Å². The van der Waals surface area contributed by atoms with Crippen molar-refractivity contribution >= 4 is 21.8 Å². The van der Waals surface area contributed by atoms with Gasteiger partial charge in [-0.25, -0.2) is 18.6 Å². The zero-order chi connectivity index (χ0) is 30.6. The van der Waals surface area contributed by atoms with Crippen molar-refractivity contribution in [2.45, 2.75) is 56.3 Å². The minimum atomic E-state index is -3.57. The number of ether oxygens (including phenoxy) is 2. The number of nitrogens with one attached hydrogen (secondary N) is 2. The van der Waals surface area contributed by atoms with Crippen LogP contribution in [0.1, 0.15) is 64.7 Å². The number of carbonyl (C=O) groups is 2. The first-order chi connectivity index (χ1) is 20.7. The second-order valence-corrected chi connectivity index (χ2v) is 12.7. The van der Waals surface area contributed by atoms with Crippen LogP contribution in [0.2, 0.25) is 0 Å². The maximum absolute atomic E-state index is 14.4. The van der Waals surface area contributed by atoms with Crippen LogP contribution in [-0.2, 0) is 26.3 Å². The molecule has 1 aliphatic heterocycles. The van der Waals surface area contributed by atoms with E-state index in [4.69, 9.17) is 14.3 Å². The summed E-state index contributed by atoms with van der Waals surface area (Å²) < 4.78 is 38.8. The van der Waals surface area contributed by atoms with Gasteiger partial charge in [-0.15, -0.1) is 0 Å². The molecule has 10 nitrogen and oxygen atoms in total. The van der Waals surface area contributed by atoms with Crippen molar-refractivity contribution in [3.8, 4) is 11.5 Å². The standard InChI is InChI=1S/C32H37N3O7S/c1-40-22-17-18-25(28(19-22)41-2)30-29(31(36)33-42-20-21-11-5-4-6-12-21)23-13-7-8-14-24(23)32(37)35(30)27-16-10-9-15-26(27)34-43(3,38)39/h4-8,11-14,17-19,26-27,29-30,34H,9-10,15-16,20H2,1-3H3,(H,33,36)/t26-,27-,29-,30+/m1/s1. The molecule has 228 valence electrons. The van der Waals surface area contributed by atoms with E-state index in [1.165, 1.54) is 7.11 Å². The van der Waals surface area contributed by atoms with Crippen LogP contribution in [-0.4, -0.2) is 57.7 Å². The number of hydrogen-bond acceptors (Lipinski definition) is 7. The topological polar surface area (TPSA) is 123 Å². The summed E-state index contributed by atoms with van der Waals surface area (Å²) in [5.41, 5.74) is 5.05. The van der Waals surface area contributed by atoms with E-state index in [-0.39, 0.29) is 12.5 Å². The van der Waals surface area contributed by atoms with Gasteiger partial charge in [0.15, 0.2) is 0 Å². The number of hydroxylamine groups is 1. The highest BCUT2D eigenvalue weighted by Crippen LogP contribution is 2.48. The quantitative estimate of drug-likeness (QED) is 0.333. The van der Waals surface area contributed by atoms with Gasteiger partial charge in [-0.2, -0.15) is 0 Å². The van der Waals surface area contributed by atoms with E-state index in [0.29, 0.717) is 41.0 Å². The van der Waals surface area contributed by atoms with Crippen LogP contribution in [0, 0.1) is 0 Å². The minimum Gasteiger partial charge on any atom is -0.497 e. The zero-order valence-corrected chi connectivity index (χ0v) is 25.3. The van der Waals surface area contributed by atoms with Crippen LogP contribution in [0.4, 0.5) is 0 Å². The number of nitrogens with zero attached hydrogens (tertiary/aromatic N) is 1. The van der Waals surface area contributed by atoms with Crippen LogP contribution < -0.4 is 19.7 Å². The average Bonchev–Trinajstić information content (AvgIpc) is 3.01. The lowest BCUT2D eigenvalue weighted by Crippen LogP contribution is -2.59. The fourth-order valence-corrected chi connectivity index (χ4v) is 7.10. The fourth-order valence-electron chi connectivity index (χ4n) is 6.28. The second kappa shape index (κ2) is 13.2. The maximum atomic E-state index is 14.4. The molecule has 43 heavy (non-hydrogen) atoms. The molecule has 11 heteroatoms.